The van der Waals surface area contributed by atoms with E-state index < -0.39 is 5.97 Å². The number of nitrogens with zero attached hydrogens (tertiary/aromatic N) is 2. The summed E-state index contributed by atoms with van der Waals surface area (Å²) in [6.07, 6.45) is 0. The molecular formula is C14H12N2O4S. The lowest BCUT2D eigenvalue weighted by molar-refractivity contribution is -0.135. The van der Waals surface area contributed by atoms with Crippen molar-refractivity contribution in [2.45, 2.75) is 0 Å². The Hall–Kier alpha value is -2.46. The van der Waals surface area contributed by atoms with Crippen LogP contribution in [0.3, 0.4) is 0 Å². The van der Waals surface area contributed by atoms with Crippen LogP contribution in [0.5, 0.6) is 5.75 Å². The molecule has 1 saturated heterocycles. The minimum atomic E-state index is -0.756. The number of rotatable bonds is 3. The Labute approximate surface area is 125 Å². The molecule has 1 aliphatic rings. The van der Waals surface area contributed by atoms with Gasteiger partial charge in [0.2, 0.25) is 5.91 Å². The zero-order valence-corrected chi connectivity index (χ0v) is 12.3. The number of esters is 1. The van der Waals surface area contributed by atoms with E-state index in [4.69, 9.17) is 10.00 Å². The van der Waals surface area contributed by atoms with Crippen molar-refractivity contribution < 1.29 is 19.1 Å². The summed E-state index contributed by atoms with van der Waals surface area (Å²) in [4.78, 5) is 25.0. The fraction of sp³-hybridized carbons (Fsp3) is 0.214. The van der Waals surface area contributed by atoms with Crippen LogP contribution < -0.4 is 9.64 Å². The summed E-state index contributed by atoms with van der Waals surface area (Å²) in [6, 6.07) is 8.59. The number of nitriles is 1. The lowest BCUT2D eigenvalue weighted by atomic mass is 10.2. The first-order chi connectivity index (χ1) is 10.1. The van der Waals surface area contributed by atoms with E-state index in [1.165, 1.54) is 12.0 Å². The molecule has 0 aromatic heterocycles. The minimum Gasteiger partial charge on any atom is -0.497 e. The molecule has 7 heteroatoms. The van der Waals surface area contributed by atoms with Crippen LogP contribution in [0.1, 0.15) is 0 Å². The molecule has 108 valence electrons. The lowest BCUT2D eigenvalue weighted by Crippen LogP contribution is -2.25. The molecule has 0 saturated carbocycles. The molecule has 0 bridgehead atoms. The first-order valence-electron chi connectivity index (χ1n) is 5.95. The number of ether oxygens (including phenoxy) is 2. The van der Waals surface area contributed by atoms with Gasteiger partial charge in [-0.15, -0.1) is 0 Å². The van der Waals surface area contributed by atoms with Crippen molar-refractivity contribution in [2.24, 2.45) is 0 Å². The second-order valence-electron chi connectivity index (χ2n) is 4.00. The molecule has 0 N–H and O–H groups in total. The molecule has 2 rings (SSSR count). The number of thioether (sulfide) groups is 1. The predicted molar refractivity (Wildman–Crippen MR) is 77.6 cm³/mol. The fourth-order valence-corrected chi connectivity index (χ4v) is 2.83. The Morgan fingerprint density at radius 2 is 2.00 bits per heavy atom. The van der Waals surface area contributed by atoms with Gasteiger partial charge in [-0.05, 0) is 24.3 Å². The summed E-state index contributed by atoms with van der Waals surface area (Å²) < 4.78 is 9.64. The predicted octanol–water partition coefficient (Wildman–Crippen LogP) is 1.68. The summed E-state index contributed by atoms with van der Waals surface area (Å²) in [5, 5.41) is 9.43. The summed E-state index contributed by atoms with van der Waals surface area (Å²) in [5.41, 5.74) is 0.390. The maximum Gasteiger partial charge on any atom is 0.351 e. The summed E-state index contributed by atoms with van der Waals surface area (Å²) in [5.74, 6) is -0.133. The second-order valence-corrected chi connectivity index (χ2v) is 4.96. The first-order valence-corrected chi connectivity index (χ1v) is 6.93. The van der Waals surface area contributed by atoms with Crippen LogP contribution in [0.4, 0.5) is 5.69 Å². The van der Waals surface area contributed by atoms with Gasteiger partial charge < -0.3 is 9.47 Å². The Morgan fingerprint density at radius 1 is 1.33 bits per heavy atom. The number of amides is 1. The van der Waals surface area contributed by atoms with Crippen LogP contribution in [0.25, 0.3) is 0 Å². The van der Waals surface area contributed by atoms with Gasteiger partial charge >= 0.3 is 5.97 Å². The molecule has 0 spiro atoms. The van der Waals surface area contributed by atoms with Crippen molar-refractivity contribution in [1.29, 1.82) is 5.26 Å². The molecule has 6 nitrogen and oxygen atoms in total. The van der Waals surface area contributed by atoms with Gasteiger partial charge in [0.25, 0.3) is 0 Å². The lowest BCUT2D eigenvalue weighted by Gasteiger charge is -2.18. The number of carbonyl (C=O) groups is 2. The molecule has 21 heavy (non-hydrogen) atoms. The third-order valence-electron chi connectivity index (χ3n) is 2.83. The number of anilines is 1. The van der Waals surface area contributed by atoms with Gasteiger partial charge in [0, 0.05) is 5.69 Å². The molecule has 0 unspecified atom stereocenters. The zero-order chi connectivity index (χ0) is 15.4. The van der Waals surface area contributed by atoms with E-state index in [0.717, 1.165) is 11.8 Å². The molecule has 1 fully saturated rings. The van der Waals surface area contributed by atoms with E-state index in [1.54, 1.807) is 37.4 Å². The van der Waals surface area contributed by atoms with Crippen molar-refractivity contribution >= 4 is 29.3 Å². The molecule has 0 atom stereocenters. The third kappa shape index (κ3) is 2.85. The van der Waals surface area contributed by atoms with Gasteiger partial charge in [-0.1, -0.05) is 11.8 Å². The standard InChI is InChI=1S/C14H12N2O4S/c1-19-10-5-3-9(4-6-10)16-12(17)8-21-13(16)11(7-15)14(18)20-2/h3-6H,8H2,1-2H3/b13-11-. The van der Waals surface area contributed by atoms with E-state index in [-0.39, 0.29) is 17.2 Å². The minimum absolute atomic E-state index is 0.170. The molecule has 1 aromatic rings. The summed E-state index contributed by atoms with van der Waals surface area (Å²) in [7, 11) is 2.74. The largest absolute Gasteiger partial charge is 0.497 e. The molecule has 1 aromatic carbocycles. The van der Waals surface area contributed by atoms with Crippen LogP contribution in [0, 0.1) is 11.3 Å². The average molecular weight is 304 g/mol. The van der Waals surface area contributed by atoms with Crippen molar-refractivity contribution in [3.8, 4) is 11.8 Å². The SMILES string of the molecule is COC(=O)/C(C#N)=C1\SCC(=O)N1c1ccc(OC)cc1. The van der Waals surface area contributed by atoms with E-state index in [0.29, 0.717) is 16.5 Å². The van der Waals surface area contributed by atoms with E-state index in [9.17, 15) is 9.59 Å². The van der Waals surface area contributed by atoms with E-state index in [1.807, 2.05) is 0 Å². The van der Waals surface area contributed by atoms with Crippen LogP contribution in [0.2, 0.25) is 0 Å². The topological polar surface area (TPSA) is 79.6 Å². The highest BCUT2D eigenvalue weighted by Gasteiger charge is 2.33. The number of hydrogen-bond acceptors (Lipinski definition) is 6. The van der Waals surface area contributed by atoms with E-state index >= 15 is 0 Å². The molecule has 1 heterocycles. The van der Waals surface area contributed by atoms with Crippen LogP contribution >= 0.6 is 11.8 Å². The van der Waals surface area contributed by atoms with Gasteiger partial charge in [0.1, 0.15) is 16.8 Å². The van der Waals surface area contributed by atoms with Crippen LogP contribution in [0.15, 0.2) is 34.9 Å². The maximum atomic E-state index is 12.0. The van der Waals surface area contributed by atoms with Crippen molar-refractivity contribution in [3.63, 3.8) is 0 Å². The van der Waals surface area contributed by atoms with Crippen molar-refractivity contribution in [3.05, 3.63) is 34.9 Å². The molecule has 1 amide bonds. The average Bonchev–Trinajstić information content (AvgIpc) is 2.89. The maximum absolute atomic E-state index is 12.0. The molecular weight excluding hydrogens is 292 g/mol. The number of carbonyl (C=O) groups excluding carboxylic acids is 2. The molecule has 0 aliphatic carbocycles. The Morgan fingerprint density at radius 3 is 2.52 bits per heavy atom. The zero-order valence-electron chi connectivity index (χ0n) is 11.5. The number of benzene rings is 1. The van der Waals surface area contributed by atoms with Gasteiger partial charge in [-0.25, -0.2) is 4.79 Å². The first kappa shape index (κ1) is 14.9. The third-order valence-corrected chi connectivity index (χ3v) is 3.88. The smallest absolute Gasteiger partial charge is 0.351 e. The summed E-state index contributed by atoms with van der Waals surface area (Å²) in [6.45, 7) is 0. The summed E-state index contributed by atoms with van der Waals surface area (Å²) >= 11 is 1.14. The highest BCUT2D eigenvalue weighted by molar-refractivity contribution is 8.04. The van der Waals surface area contributed by atoms with Crippen LogP contribution in [-0.2, 0) is 14.3 Å². The molecule has 0 radical (unpaired) electrons. The Kier molecular flexibility index (Phi) is 4.50. The molecule has 1 aliphatic heterocycles. The highest BCUT2D eigenvalue weighted by Crippen LogP contribution is 2.36. The Bertz CT molecular complexity index is 646. The monoisotopic (exact) mass is 304 g/mol. The second kappa shape index (κ2) is 6.33. The Balaban J connectivity index is 2.47. The normalized spacial score (nSPS) is 16.4. The number of methoxy groups -OCH3 is 2. The van der Waals surface area contributed by atoms with Gasteiger partial charge in [0.15, 0.2) is 5.57 Å². The van der Waals surface area contributed by atoms with Gasteiger partial charge in [0.05, 0.1) is 20.0 Å². The van der Waals surface area contributed by atoms with E-state index in [2.05, 4.69) is 4.74 Å². The number of hydrogen-bond donors (Lipinski definition) is 0. The van der Waals surface area contributed by atoms with Crippen molar-refractivity contribution in [1.82, 2.24) is 0 Å². The van der Waals surface area contributed by atoms with Crippen LogP contribution in [-0.4, -0.2) is 31.8 Å². The highest BCUT2D eigenvalue weighted by atomic mass is 32.2. The quantitative estimate of drug-likeness (QED) is 0.480. The van der Waals surface area contributed by atoms with Gasteiger partial charge in [-0.2, -0.15) is 5.26 Å². The van der Waals surface area contributed by atoms with Crippen molar-refractivity contribution in [2.75, 3.05) is 24.9 Å². The van der Waals surface area contributed by atoms with Gasteiger partial charge in [-0.3, -0.25) is 9.69 Å². The fourth-order valence-electron chi connectivity index (χ4n) is 1.83.